The molecule has 0 aromatic heterocycles. The Kier molecular flexibility index (Phi) is 3.09. The third-order valence-electron chi connectivity index (χ3n) is 4.91. The first-order chi connectivity index (χ1) is 7.18. The molecule has 0 aromatic carbocycles. The van der Waals surface area contributed by atoms with Crippen LogP contribution >= 0.6 is 0 Å². The van der Waals surface area contributed by atoms with E-state index in [1.807, 2.05) is 0 Å². The van der Waals surface area contributed by atoms with E-state index in [1.165, 1.54) is 32.1 Å². The quantitative estimate of drug-likeness (QED) is 0.750. The number of nitrogens with two attached hydrogens (primary N) is 1. The van der Waals surface area contributed by atoms with Crippen molar-refractivity contribution in [3.63, 3.8) is 0 Å². The van der Waals surface area contributed by atoms with Gasteiger partial charge in [0.15, 0.2) is 0 Å². The monoisotopic (exact) mass is 211 g/mol. The van der Waals surface area contributed by atoms with Gasteiger partial charge in [-0.2, -0.15) is 0 Å². The molecule has 0 bridgehead atoms. The molecule has 2 nitrogen and oxygen atoms in total. The highest BCUT2D eigenvalue weighted by Crippen LogP contribution is 2.55. The lowest BCUT2D eigenvalue weighted by atomic mass is 9.60. The van der Waals surface area contributed by atoms with E-state index in [-0.39, 0.29) is 5.41 Å². The fourth-order valence-corrected chi connectivity index (χ4v) is 3.70. The van der Waals surface area contributed by atoms with E-state index >= 15 is 0 Å². The maximum atomic E-state index is 11.0. The zero-order valence-electron chi connectivity index (χ0n) is 9.97. The molecule has 0 aliphatic heterocycles. The van der Waals surface area contributed by atoms with Crippen molar-refractivity contribution in [2.45, 2.75) is 63.9 Å². The molecule has 1 unspecified atom stereocenters. The molecule has 0 saturated heterocycles. The predicted octanol–water partition coefficient (Wildman–Crippen LogP) is 2.45. The maximum absolute atomic E-state index is 11.0. The first kappa shape index (κ1) is 11.4. The first-order valence-corrected chi connectivity index (χ1v) is 6.61. The third-order valence-corrected chi connectivity index (χ3v) is 4.91. The van der Waals surface area contributed by atoms with Gasteiger partial charge < -0.3 is 10.8 Å². The van der Waals surface area contributed by atoms with Crippen molar-refractivity contribution in [1.82, 2.24) is 0 Å². The normalized spacial score (nSPS) is 29.8. The fourth-order valence-electron chi connectivity index (χ4n) is 3.70. The van der Waals surface area contributed by atoms with E-state index in [0.29, 0.717) is 12.5 Å². The lowest BCUT2D eigenvalue weighted by Gasteiger charge is -2.49. The number of hydrogen-bond acceptors (Lipinski definition) is 2. The van der Waals surface area contributed by atoms with Gasteiger partial charge in [0, 0.05) is 12.0 Å². The third kappa shape index (κ3) is 1.72. The van der Waals surface area contributed by atoms with Crippen molar-refractivity contribution in [2.75, 3.05) is 6.54 Å². The van der Waals surface area contributed by atoms with Crippen molar-refractivity contribution < 1.29 is 5.11 Å². The van der Waals surface area contributed by atoms with Crippen LogP contribution in [0.25, 0.3) is 0 Å². The van der Waals surface area contributed by atoms with Crippen LogP contribution in [0.5, 0.6) is 0 Å². The zero-order chi connectivity index (χ0) is 10.9. The van der Waals surface area contributed by atoms with Crippen LogP contribution in [0.15, 0.2) is 0 Å². The van der Waals surface area contributed by atoms with E-state index in [9.17, 15) is 5.11 Å². The zero-order valence-corrected chi connectivity index (χ0v) is 9.97. The minimum absolute atomic E-state index is 0.0428. The summed E-state index contributed by atoms with van der Waals surface area (Å²) in [5, 5.41) is 11.0. The Morgan fingerprint density at radius 1 is 1.27 bits per heavy atom. The van der Waals surface area contributed by atoms with E-state index < -0.39 is 5.60 Å². The summed E-state index contributed by atoms with van der Waals surface area (Å²) in [6.07, 6.45) is 9.44. The summed E-state index contributed by atoms with van der Waals surface area (Å²) in [6, 6.07) is 0. The second-order valence-corrected chi connectivity index (χ2v) is 5.60. The van der Waals surface area contributed by atoms with Crippen LogP contribution in [0.4, 0.5) is 0 Å². The molecule has 2 aliphatic rings. The van der Waals surface area contributed by atoms with E-state index in [2.05, 4.69) is 6.92 Å². The Hall–Kier alpha value is -0.0800. The number of hydrogen-bond donors (Lipinski definition) is 2. The summed E-state index contributed by atoms with van der Waals surface area (Å²) in [6.45, 7) is 2.80. The Balaban J connectivity index is 2.21. The van der Waals surface area contributed by atoms with Gasteiger partial charge in [0.25, 0.3) is 0 Å². The van der Waals surface area contributed by atoms with E-state index in [4.69, 9.17) is 5.73 Å². The molecule has 2 fully saturated rings. The molecule has 88 valence electrons. The highest BCUT2D eigenvalue weighted by atomic mass is 16.3. The van der Waals surface area contributed by atoms with Crippen molar-refractivity contribution in [1.29, 1.82) is 0 Å². The number of aliphatic hydroxyl groups is 1. The van der Waals surface area contributed by atoms with Gasteiger partial charge in [0.1, 0.15) is 0 Å². The Labute approximate surface area is 93.2 Å². The van der Waals surface area contributed by atoms with Crippen LogP contribution < -0.4 is 5.73 Å². The van der Waals surface area contributed by atoms with Gasteiger partial charge in [-0.1, -0.05) is 26.2 Å². The Bertz CT molecular complexity index is 219. The van der Waals surface area contributed by atoms with Gasteiger partial charge in [-0.25, -0.2) is 0 Å². The summed E-state index contributed by atoms with van der Waals surface area (Å²) in [4.78, 5) is 0. The van der Waals surface area contributed by atoms with Crippen molar-refractivity contribution >= 4 is 0 Å². The smallest absolute Gasteiger partial charge is 0.0741 e. The summed E-state index contributed by atoms with van der Waals surface area (Å²) in [5.74, 6) is 0.546. The number of rotatable bonds is 4. The Morgan fingerprint density at radius 2 is 1.87 bits per heavy atom. The summed E-state index contributed by atoms with van der Waals surface area (Å²) in [5.41, 5.74) is 5.59. The average molecular weight is 211 g/mol. The topological polar surface area (TPSA) is 46.2 Å². The lowest BCUT2D eigenvalue weighted by Crippen LogP contribution is -2.54. The van der Waals surface area contributed by atoms with E-state index in [0.717, 1.165) is 19.3 Å². The molecule has 2 saturated carbocycles. The summed E-state index contributed by atoms with van der Waals surface area (Å²) < 4.78 is 0. The minimum Gasteiger partial charge on any atom is -0.389 e. The minimum atomic E-state index is -0.456. The second kappa shape index (κ2) is 4.06. The molecule has 2 heteroatoms. The van der Waals surface area contributed by atoms with Crippen LogP contribution in [0, 0.1) is 11.3 Å². The van der Waals surface area contributed by atoms with Crippen molar-refractivity contribution in [2.24, 2.45) is 17.1 Å². The molecule has 3 N–H and O–H groups in total. The van der Waals surface area contributed by atoms with Gasteiger partial charge >= 0.3 is 0 Å². The largest absolute Gasteiger partial charge is 0.389 e. The van der Waals surface area contributed by atoms with Crippen molar-refractivity contribution in [3.05, 3.63) is 0 Å². The van der Waals surface area contributed by atoms with Crippen LogP contribution in [-0.4, -0.2) is 17.3 Å². The standard InChI is InChI=1S/C13H25NO/c1-2-13(15,11-6-7-11)12(10-14)8-4-3-5-9-12/h11,15H,2-10,14H2,1H3. The highest BCUT2D eigenvalue weighted by molar-refractivity contribution is 5.07. The summed E-state index contributed by atoms with van der Waals surface area (Å²) in [7, 11) is 0. The van der Waals surface area contributed by atoms with Gasteiger partial charge in [-0.15, -0.1) is 0 Å². The van der Waals surface area contributed by atoms with Gasteiger partial charge in [0.2, 0.25) is 0 Å². The van der Waals surface area contributed by atoms with Crippen LogP contribution in [0.1, 0.15) is 58.3 Å². The summed E-state index contributed by atoms with van der Waals surface area (Å²) >= 11 is 0. The molecular weight excluding hydrogens is 186 g/mol. The first-order valence-electron chi connectivity index (χ1n) is 6.61. The molecule has 0 spiro atoms. The second-order valence-electron chi connectivity index (χ2n) is 5.60. The lowest BCUT2D eigenvalue weighted by molar-refractivity contribution is -0.118. The molecule has 0 amide bonds. The molecule has 2 rings (SSSR count). The van der Waals surface area contributed by atoms with Crippen LogP contribution in [0.2, 0.25) is 0 Å². The van der Waals surface area contributed by atoms with E-state index in [1.54, 1.807) is 0 Å². The van der Waals surface area contributed by atoms with Crippen LogP contribution in [-0.2, 0) is 0 Å². The molecule has 1 atom stereocenters. The fraction of sp³-hybridized carbons (Fsp3) is 1.00. The molecular formula is C13H25NO. The van der Waals surface area contributed by atoms with Gasteiger partial charge in [-0.3, -0.25) is 0 Å². The molecule has 15 heavy (non-hydrogen) atoms. The maximum Gasteiger partial charge on any atom is 0.0741 e. The van der Waals surface area contributed by atoms with Crippen LogP contribution in [0.3, 0.4) is 0 Å². The molecule has 0 heterocycles. The highest BCUT2D eigenvalue weighted by Gasteiger charge is 2.55. The van der Waals surface area contributed by atoms with Crippen molar-refractivity contribution in [3.8, 4) is 0 Å². The van der Waals surface area contributed by atoms with Gasteiger partial charge in [-0.05, 0) is 38.0 Å². The SMILES string of the molecule is CCC(O)(C1CC1)C1(CN)CCCCC1. The average Bonchev–Trinajstić information content (AvgIpc) is 3.13. The molecule has 2 aliphatic carbocycles. The Morgan fingerprint density at radius 3 is 2.27 bits per heavy atom. The van der Waals surface area contributed by atoms with Gasteiger partial charge in [0.05, 0.1) is 5.60 Å². The molecule has 0 aromatic rings. The predicted molar refractivity (Wildman–Crippen MR) is 62.5 cm³/mol. The molecule has 0 radical (unpaired) electrons.